The van der Waals surface area contributed by atoms with Crippen LogP contribution in [0.5, 0.6) is 0 Å². The third kappa shape index (κ3) is 4.30. The summed E-state index contributed by atoms with van der Waals surface area (Å²) in [7, 11) is 0. The van der Waals surface area contributed by atoms with Gasteiger partial charge < -0.3 is 4.74 Å². The SMILES string of the molecule is CCOC(=O)C(F)c1ccc(SC(F)F)cc1. The Bertz CT molecular complexity index is 367. The van der Waals surface area contributed by atoms with Crippen LogP contribution >= 0.6 is 11.8 Å². The van der Waals surface area contributed by atoms with E-state index in [1.807, 2.05) is 0 Å². The summed E-state index contributed by atoms with van der Waals surface area (Å²) in [5, 5.41) is 0. The topological polar surface area (TPSA) is 26.3 Å². The van der Waals surface area contributed by atoms with Crippen LogP contribution in [0.1, 0.15) is 18.7 Å². The molecule has 0 aliphatic rings. The number of halogens is 3. The van der Waals surface area contributed by atoms with Crippen LogP contribution in [0.3, 0.4) is 0 Å². The summed E-state index contributed by atoms with van der Waals surface area (Å²) in [6, 6.07) is 5.29. The lowest BCUT2D eigenvalue weighted by Crippen LogP contribution is -2.11. The van der Waals surface area contributed by atoms with Crippen molar-refractivity contribution in [1.82, 2.24) is 0 Å². The molecule has 0 aliphatic heterocycles. The predicted molar refractivity (Wildman–Crippen MR) is 58.8 cm³/mol. The molecule has 0 radical (unpaired) electrons. The van der Waals surface area contributed by atoms with Gasteiger partial charge in [-0.3, -0.25) is 0 Å². The van der Waals surface area contributed by atoms with Gasteiger partial charge in [0.25, 0.3) is 5.76 Å². The average Bonchev–Trinajstić information content (AvgIpc) is 2.28. The first kappa shape index (κ1) is 13.9. The second kappa shape index (κ2) is 6.54. The molecule has 2 nitrogen and oxygen atoms in total. The monoisotopic (exact) mass is 264 g/mol. The van der Waals surface area contributed by atoms with Crippen molar-refractivity contribution in [2.75, 3.05) is 6.61 Å². The van der Waals surface area contributed by atoms with E-state index in [1.165, 1.54) is 24.3 Å². The van der Waals surface area contributed by atoms with E-state index in [1.54, 1.807) is 6.92 Å². The number of hydrogen-bond acceptors (Lipinski definition) is 3. The van der Waals surface area contributed by atoms with Gasteiger partial charge in [0.15, 0.2) is 0 Å². The summed E-state index contributed by atoms with van der Waals surface area (Å²) in [5.41, 5.74) is 0.0991. The summed E-state index contributed by atoms with van der Waals surface area (Å²) >= 11 is 0.366. The van der Waals surface area contributed by atoms with Gasteiger partial charge >= 0.3 is 5.97 Å². The smallest absolute Gasteiger partial charge is 0.345 e. The van der Waals surface area contributed by atoms with Gasteiger partial charge in [0.05, 0.1) is 6.61 Å². The molecule has 1 aromatic carbocycles. The molecular formula is C11H11F3O2S. The Hall–Kier alpha value is -1.17. The van der Waals surface area contributed by atoms with Crippen LogP contribution in [0, 0.1) is 0 Å². The fraction of sp³-hybridized carbons (Fsp3) is 0.364. The molecule has 0 saturated heterocycles. The van der Waals surface area contributed by atoms with E-state index in [-0.39, 0.29) is 12.2 Å². The number of esters is 1. The number of thioether (sulfide) groups is 1. The van der Waals surface area contributed by atoms with Crippen molar-refractivity contribution < 1.29 is 22.7 Å². The van der Waals surface area contributed by atoms with Crippen LogP contribution in [-0.2, 0) is 9.53 Å². The van der Waals surface area contributed by atoms with Crippen molar-refractivity contribution in [3.05, 3.63) is 29.8 Å². The van der Waals surface area contributed by atoms with Crippen LogP contribution in [-0.4, -0.2) is 18.3 Å². The predicted octanol–water partition coefficient (Wildman–Crippen LogP) is 3.58. The second-order valence-electron chi connectivity index (χ2n) is 3.06. The van der Waals surface area contributed by atoms with Gasteiger partial charge in [0.2, 0.25) is 6.17 Å². The highest BCUT2D eigenvalue weighted by atomic mass is 32.2. The van der Waals surface area contributed by atoms with E-state index in [0.717, 1.165) is 0 Å². The van der Waals surface area contributed by atoms with Crippen molar-refractivity contribution in [3.8, 4) is 0 Å². The summed E-state index contributed by atoms with van der Waals surface area (Å²) < 4.78 is 42.0. The van der Waals surface area contributed by atoms with Gasteiger partial charge in [-0.2, -0.15) is 8.78 Å². The van der Waals surface area contributed by atoms with E-state index >= 15 is 0 Å². The largest absolute Gasteiger partial charge is 0.464 e. The van der Waals surface area contributed by atoms with E-state index in [0.29, 0.717) is 16.7 Å². The molecule has 0 saturated carbocycles. The van der Waals surface area contributed by atoms with E-state index in [9.17, 15) is 18.0 Å². The Morgan fingerprint density at radius 1 is 1.29 bits per heavy atom. The van der Waals surface area contributed by atoms with Gasteiger partial charge in [0, 0.05) is 4.90 Å². The molecule has 17 heavy (non-hydrogen) atoms. The summed E-state index contributed by atoms with van der Waals surface area (Å²) in [6.07, 6.45) is -1.87. The molecular weight excluding hydrogens is 253 g/mol. The first-order chi connectivity index (χ1) is 8.04. The quantitative estimate of drug-likeness (QED) is 0.600. The third-order valence-corrected chi connectivity index (χ3v) is 2.61. The van der Waals surface area contributed by atoms with Gasteiger partial charge in [-0.1, -0.05) is 23.9 Å². The first-order valence-corrected chi connectivity index (χ1v) is 5.78. The van der Waals surface area contributed by atoms with Crippen molar-refractivity contribution in [1.29, 1.82) is 0 Å². The fourth-order valence-electron chi connectivity index (χ4n) is 1.17. The molecule has 0 heterocycles. The summed E-state index contributed by atoms with van der Waals surface area (Å²) in [5.74, 6) is -3.49. The maximum Gasteiger partial charge on any atom is 0.345 e. The van der Waals surface area contributed by atoms with Gasteiger partial charge in [0.1, 0.15) is 0 Å². The second-order valence-corrected chi connectivity index (χ2v) is 4.13. The summed E-state index contributed by atoms with van der Waals surface area (Å²) in [4.78, 5) is 11.4. The minimum Gasteiger partial charge on any atom is -0.464 e. The third-order valence-electron chi connectivity index (χ3n) is 1.89. The molecule has 94 valence electrons. The van der Waals surface area contributed by atoms with Crippen LogP contribution in [0.25, 0.3) is 0 Å². The number of benzene rings is 1. The Morgan fingerprint density at radius 2 is 1.88 bits per heavy atom. The highest BCUT2D eigenvalue weighted by Crippen LogP contribution is 2.27. The molecule has 0 N–H and O–H groups in total. The number of ether oxygens (including phenoxy) is 1. The van der Waals surface area contributed by atoms with Gasteiger partial charge in [-0.05, 0) is 24.6 Å². The van der Waals surface area contributed by atoms with Crippen molar-refractivity contribution in [2.45, 2.75) is 23.7 Å². The Balaban J connectivity index is 2.70. The Morgan fingerprint density at radius 3 is 2.35 bits per heavy atom. The van der Waals surface area contributed by atoms with Crippen molar-refractivity contribution >= 4 is 17.7 Å². The average molecular weight is 264 g/mol. The lowest BCUT2D eigenvalue weighted by Gasteiger charge is -2.08. The van der Waals surface area contributed by atoms with Crippen molar-refractivity contribution in [2.24, 2.45) is 0 Å². The molecule has 0 fully saturated rings. The molecule has 6 heteroatoms. The molecule has 1 unspecified atom stereocenters. The molecule has 0 bridgehead atoms. The molecule has 0 aliphatic carbocycles. The number of alkyl halides is 3. The highest BCUT2D eigenvalue weighted by molar-refractivity contribution is 7.99. The minimum atomic E-state index is -2.52. The maximum atomic E-state index is 13.5. The van der Waals surface area contributed by atoms with Gasteiger partial charge in [-0.25, -0.2) is 9.18 Å². The van der Waals surface area contributed by atoms with Crippen LogP contribution in [0.15, 0.2) is 29.2 Å². The minimum absolute atomic E-state index is 0.0958. The number of rotatable bonds is 5. The van der Waals surface area contributed by atoms with E-state index < -0.39 is 17.9 Å². The fourth-order valence-corrected chi connectivity index (χ4v) is 1.67. The lowest BCUT2D eigenvalue weighted by atomic mass is 10.1. The molecule has 1 aromatic rings. The Kier molecular flexibility index (Phi) is 5.34. The molecule has 1 atom stereocenters. The van der Waals surface area contributed by atoms with Crippen LogP contribution in [0.4, 0.5) is 13.2 Å². The zero-order valence-electron chi connectivity index (χ0n) is 9.03. The number of carbonyl (C=O) groups excluding carboxylic acids is 1. The zero-order valence-corrected chi connectivity index (χ0v) is 9.85. The van der Waals surface area contributed by atoms with Crippen molar-refractivity contribution in [3.63, 3.8) is 0 Å². The van der Waals surface area contributed by atoms with Gasteiger partial charge in [-0.15, -0.1) is 0 Å². The molecule has 0 amide bonds. The van der Waals surface area contributed by atoms with Crippen LogP contribution < -0.4 is 0 Å². The van der Waals surface area contributed by atoms with E-state index in [4.69, 9.17) is 0 Å². The molecule has 0 aromatic heterocycles. The normalized spacial score (nSPS) is 12.5. The maximum absolute atomic E-state index is 13.5. The number of hydrogen-bond donors (Lipinski definition) is 0. The Labute approximate surface area is 101 Å². The first-order valence-electron chi connectivity index (χ1n) is 4.90. The molecule has 1 rings (SSSR count). The van der Waals surface area contributed by atoms with E-state index in [2.05, 4.69) is 4.74 Å². The lowest BCUT2D eigenvalue weighted by molar-refractivity contribution is -0.149. The standard InChI is InChI=1S/C11H11F3O2S/c1-2-16-10(15)9(12)7-3-5-8(6-4-7)17-11(13)14/h3-6,9,11H,2H2,1H3. The number of carbonyl (C=O) groups is 1. The summed E-state index contributed by atoms with van der Waals surface area (Å²) in [6.45, 7) is 1.67. The highest BCUT2D eigenvalue weighted by Gasteiger charge is 2.20. The zero-order chi connectivity index (χ0) is 12.8. The van der Waals surface area contributed by atoms with Crippen LogP contribution in [0.2, 0.25) is 0 Å². The molecule has 0 spiro atoms.